The summed E-state index contributed by atoms with van der Waals surface area (Å²) < 4.78 is 3.36. The van der Waals surface area contributed by atoms with Gasteiger partial charge in [-0.3, -0.25) is 9.97 Å². The third-order valence-corrected chi connectivity index (χ3v) is 6.96. The van der Waals surface area contributed by atoms with Gasteiger partial charge in [0.15, 0.2) is 5.11 Å². The average Bonchev–Trinajstić information content (AvgIpc) is 3.30. The van der Waals surface area contributed by atoms with Gasteiger partial charge in [0, 0.05) is 33.9 Å². The molecule has 7 heteroatoms. The molecule has 166 valence electrons. The summed E-state index contributed by atoms with van der Waals surface area (Å²) in [6.07, 6.45) is 3.66. The molecule has 0 aliphatic carbocycles. The molecule has 0 amide bonds. The fourth-order valence-corrected chi connectivity index (χ4v) is 5.37. The summed E-state index contributed by atoms with van der Waals surface area (Å²) in [7, 11) is 0. The van der Waals surface area contributed by atoms with Crippen LogP contribution in [0.1, 0.15) is 40.4 Å². The van der Waals surface area contributed by atoms with E-state index in [9.17, 15) is 0 Å². The molecule has 4 aromatic rings. The van der Waals surface area contributed by atoms with Crippen LogP contribution in [0, 0.1) is 13.8 Å². The van der Waals surface area contributed by atoms with E-state index in [1.165, 1.54) is 17.0 Å². The lowest BCUT2D eigenvalue weighted by molar-refractivity contribution is 0.307. The molecule has 1 aliphatic rings. The van der Waals surface area contributed by atoms with Crippen molar-refractivity contribution in [3.63, 3.8) is 0 Å². The second kappa shape index (κ2) is 9.08. The molecule has 5 rings (SSSR count). The molecule has 1 aromatic carbocycles. The first-order valence-corrected chi connectivity index (χ1v) is 12.1. The number of halogens is 1. The van der Waals surface area contributed by atoms with Gasteiger partial charge >= 0.3 is 0 Å². The Kier molecular flexibility index (Phi) is 6.00. The Morgan fingerprint density at radius 2 is 1.76 bits per heavy atom. The molecule has 33 heavy (non-hydrogen) atoms. The molecule has 4 heterocycles. The molecular formula is C26H24BrN5S. The van der Waals surface area contributed by atoms with Crippen LogP contribution in [0.25, 0.3) is 5.69 Å². The number of rotatable bonds is 5. The highest BCUT2D eigenvalue weighted by Crippen LogP contribution is 2.42. The molecule has 1 saturated heterocycles. The van der Waals surface area contributed by atoms with Crippen molar-refractivity contribution in [3.8, 4) is 5.69 Å². The monoisotopic (exact) mass is 517 g/mol. The van der Waals surface area contributed by atoms with E-state index in [0.29, 0.717) is 11.7 Å². The molecule has 0 radical (unpaired) electrons. The largest absolute Gasteiger partial charge is 0.352 e. The molecule has 2 unspecified atom stereocenters. The zero-order chi connectivity index (χ0) is 22.9. The van der Waals surface area contributed by atoms with Crippen LogP contribution in [0.15, 0.2) is 83.6 Å². The Balaban J connectivity index is 1.62. The summed E-state index contributed by atoms with van der Waals surface area (Å²) in [5, 5.41) is 4.26. The van der Waals surface area contributed by atoms with Gasteiger partial charge < -0.3 is 14.8 Å². The van der Waals surface area contributed by atoms with Crippen molar-refractivity contribution in [2.24, 2.45) is 0 Å². The smallest absolute Gasteiger partial charge is 0.170 e. The number of nitrogens with one attached hydrogen (secondary N) is 1. The van der Waals surface area contributed by atoms with Crippen LogP contribution in [0.5, 0.6) is 0 Å². The van der Waals surface area contributed by atoms with Gasteiger partial charge in [-0.2, -0.15) is 0 Å². The predicted molar refractivity (Wildman–Crippen MR) is 138 cm³/mol. The quantitative estimate of drug-likeness (QED) is 0.338. The number of thiocarbonyl (C=S) groups is 1. The maximum atomic E-state index is 5.83. The standard InChI is InChI=1S/C26H24BrN5S/c1-17-14-22(18(2)32(17)21-10-7-8-19(27)15-21)25-24(23-11-4-6-13-29-23)30-26(33)31(25)16-20-9-3-5-12-28-20/h3-15,24-25H,16H2,1-2H3,(H,30,33). The van der Waals surface area contributed by atoms with Crippen LogP contribution in [0.3, 0.4) is 0 Å². The summed E-state index contributed by atoms with van der Waals surface area (Å²) in [6, 6.07) is 22.6. The van der Waals surface area contributed by atoms with Crippen molar-refractivity contribution in [3.05, 3.63) is 112 Å². The number of aryl methyl sites for hydroxylation is 1. The number of pyridine rings is 2. The SMILES string of the molecule is Cc1cc(C2C(c3ccccn3)NC(=S)N2Cc2ccccn2)c(C)n1-c1cccc(Br)c1. The lowest BCUT2D eigenvalue weighted by Gasteiger charge is -2.28. The molecule has 3 aromatic heterocycles. The summed E-state index contributed by atoms with van der Waals surface area (Å²) in [5.41, 5.74) is 6.68. The van der Waals surface area contributed by atoms with Gasteiger partial charge in [-0.1, -0.05) is 34.1 Å². The van der Waals surface area contributed by atoms with Crippen molar-refractivity contribution in [1.82, 2.24) is 24.8 Å². The summed E-state index contributed by atoms with van der Waals surface area (Å²) in [5.74, 6) is 0. The molecule has 2 atom stereocenters. The van der Waals surface area contributed by atoms with Gasteiger partial charge in [-0.05, 0) is 80.2 Å². The second-order valence-electron chi connectivity index (χ2n) is 8.22. The van der Waals surface area contributed by atoms with E-state index in [-0.39, 0.29) is 12.1 Å². The Hall–Kier alpha value is -3.03. The number of hydrogen-bond acceptors (Lipinski definition) is 3. The first kappa shape index (κ1) is 21.8. The summed E-state index contributed by atoms with van der Waals surface area (Å²) >= 11 is 9.45. The van der Waals surface area contributed by atoms with E-state index in [0.717, 1.165) is 21.5 Å². The average molecular weight is 518 g/mol. The van der Waals surface area contributed by atoms with Crippen molar-refractivity contribution < 1.29 is 0 Å². The van der Waals surface area contributed by atoms with E-state index in [4.69, 9.17) is 12.2 Å². The minimum absolute atomic E-state index is 0.0125. The lowest BCUT2D eigenvalue weighted by Crippen LogP contribution is -2.29. The van der Waals surface area contributed by atoms with Gasteiger partial charge in [0.05, 0.1) is 30.0 Å². The van der Waals surface area contributed by atoms with Gasteiger partial charge in [0.2, 0.25) is 0 Å². The minimum atomic E-state index is -0.0566. The Labute approximate surface area is 207 Å². The Morgan fingerprint density at radius 1 is 0.970 bits per heavy atom. The van der Waals surface area contributed by atoms with Gasteiger partial charge in [0.1, 0.15) is 0 Å². The zero-order valence-electron chi connectivity index (χ0n) is 18.4. The molecule has 1 N–H and O–H groups in total. The van der Waals surface area contributed by atoms with Crippen LogP contribution in [-0.2, 0) is 6.54 Å². The molecule has 1 aliphatic heterocycles. The number of nitrogens with zero attached hydrogens (tertiary/aromatic N) is 4. The number of aromatic nitrogens is 3. The van der Waals surface area contributed by atoms with E-state index < -0.39 is 0 Å². The molecular weight excluding hydrogens is 494 g/mol. The maximum Gasteiger partial charge on any atom is 0.170 e. The van der Waals surface area contributed by atoms with Crippen molar-refractivity contribution in [2.45, 2.75) is 32.5 Å². The fraction of sp³-hybridized carbons (Fsp3) is 0.192. The van der Waals surface area contributed by atoms with Gasteiger partial charge in [-0.25, -0.2) is 0 Å². The van der Waals surface area contributed by atoms with Crippen LogP contribution in [0.2, 0.25) is 0 Å². The highest BCUT2D eigenvalue weighted by molar-refractivity contribution is 9.10. The van der Waals surface area contributed by atoms with Crippen molar-refractivity contribution in [1.29, 1.82) is 0 Å². The van der Waals surface area contributed by atoms with Crippen molar-refractivity contribution in [2.75, 3.05) is 0 Å². The summed E-state index contributed by atoms with van der Waals surface area (Å²) in [4.78, 5) is 11.5. The molecule has 0 bridgehead atoms. The van der Waals surface area contributed by atoms with Crippen LogP contribution in [0.4, 0.5) is 0 Å². The van der Waals surface area contributed by atoms with Crippen molar-refractivity contribution >= 4 is 33.3 Å². The lowest BCUT2D eigenvalue weighted by atomic mass is 9.96. The third-order valence-electron chi connectivity index (χ3n) is 6.11. The number of benzene rings is 1. The van der Waals surface area contributed by atoms with Gasteiger partial charge in [-0.15, -0.1) is 0 Å². The third kappa shape index (κ3) is 4.18. The molecule has 5 nitrogen and oxygen atoms in total. The fourth-order valence-electron chi connectivity index (χ4n) is 4.68. The van der Waals surface area contributed by atoms with Crippen LogP contribution >= 0.6 is 28.1 Å². The first-order valence-electron chi connectivity index (χ1n) is 10.9. The first-order chi connectivity index (χ1) is 16.0. The van der Waals surface area contributed by atoms with E-state index in [1.807, 2.05) is 48.8 Å². The van der Waals surface area contributed by atoms with E-state index in [1.54, 1.807) is 0 Å². The second-order valence-corrected chi connectivity index (χ2v) is 9.52. The topological polar surface area (TPSA) is 46.0 Å². The zero-order valence-corrected chi connectivity index (χ0v) is 20.8. The van der Waals surface area contributed by atoms with E-state index >= 15 is 0 Å². The Morgan fingerprint density at radius 3 is 2.45 bits per heavy atom. The molecule has 0 spiro atoms. The molecule has 0 saturated carbocycles. The maximum absolute atomic E-state index is 5.83. The minimum Gasteiger partial charge on any atom is -0.352 e. The van der Waals surface area contributed by atoms with E-state index in [2.05, 4.69) is 84.9 Å². The molecule has 1 fully saturated rings. The highest BCUT2D eigenvalue weighted by Gasteiger charge is 2.41. The highest BCUT2D eigenvalue weighted by atomic mass is 79.9. The normalized spacial score (nSPS) is 17.9. The summed E-state index contributed by atoms with van der Waals surface area (Å²) in [6.45, 7) is 4.96. The van der Waals surface area contributed by atoms with Crippen LogP contribution < -0.4 is 5.32 Å². The van der Waals surface area contributed by atoms with Gasteiger partial charge in [0.25, 0.3) is 0 Å². The number of hydrogen-bond donors (Lipinski definition) is 1. The Bertz CT molecular complexity index is 1290. The predicted octanol–water partition coefficient (Wildman–Crippen LogP) is 5.82. The van der Waals surface area contributed by atoms with Crippen LogP contribution in [-0.4, -0.2) is 24.5 Å².